The summed E-state index contributed by atoms with van der Waals surface area (Å²) in [4.78, 5) is 8.99. The number of imidazole rings is 1. The topological polar surface area (TPSA) is 30.7 Å². The molecular formula is C16H14IrN3-. The van der Waals surface area contributed by atoms with Crippen molar-refractivity contribution in [3.8, 4) is 11.3 Å². The van der Waals surface area contributed by atoms with Gasteiger partial charge in [0.2, 0.25) is 0 Å². The molecule has 3 nitrogen and oxygen atoms in total. The van der Waals surface area contributed by atoms with Crippen LogP contribution in [0.3, 0.4) is 0 Å². The third-order valence-electron chi connectivity index (χ3n) is 4.15. The molecule has 0 N–H and O–H groups in total. The van der Waals surface area contributed by atoms with Gasteiger partial charge in [-0.15, -0.1) is 17.7 Å². The Morgan fingerprint density at radius 2 is 2.05 bits per heavy atom. The smallest absolute Gasteiger partial charge is 0.0833 e. The predicted octanol–water partition coefficient (Wildman–Crippen LogP) is 3.07. The molecule has 0 spiro atoms. The summed E-state index contributed by atoms with van der Waals surface area (Å²) >= 11 is 0. The number of pyridine rings is 1. The number of nitrogens with zero attached hydrogens (tertiary/aromatic N) is 3. The molecule has 0 atom stereocenters. The number of hydrogen-bond acceptors (Lipinski definition) is 2. The molecule has 0 saturated carbocycles. The number of aromatic nitrogens is 3. The Balaban J connectivity index is 0.00000121. The monoisotopic (exact) mass is 441 g/mol. The Kier molecular flexibility index (Phi) is 2.86. The van der Waals surface area contributed by atoms with Gasteiger partial charge in [-0.1, -0.05) is 31.0 Å². The molecule has 1 aromatic carbocycles. The van der Waals surface area contributed by atoms with Crippen LogP contribution in [0.2, 0.25) is 0 Å². The summed E-state index contributed by atoms with van der Waals surface area (Å²) in [6, 6.07) is 9.52. The third kappa shape index (κ3) is 1.49. The normalized spacial score (nSPS) is 14.8. The molecular weight excluding hydrogens is 426 g/mol. The van der Waals surface area contributed by atoms with Crippen LogP contribution in [0.5, 0.6) is 0 Å². The number of rotatable bonds is 0. The molecule has 0 saturated heterocycles. The van der Waals surface area contributed by atoms with E-state index in [4.69, 9.17) is 0 Å². The average Bonchev–Trinajstić information content (AvgIpc) is 2.89. The molecule has 0 bridgehead atoms. The van der Waals surface area contributed by atoms with Gasteiger partial charge in [0.05, 0.1) is 6.33 Å². The number of hydrogen-bond donors (Lipinski definition) is 0. The summed E-state index contributed by atoms with van der Waals surface area (Å²) < 4.78 is 2.09. The van der Waals surface area contributed by atoms with Gasteiger partial charge >= 0.3 is 0 Å². The fourth-order valence-corrected chi connectivity index (χ4v) is 3.23. The van der Waals surface area contributed by atoms with Crippen molar-refractivity contribution in [2.45, 2.75) is 19.3 Å². The molecule has 103 valence electrons. The van der Waals surface area contributed by atoms with Gasteiger partial charge in [-0.3, -0.25) is 4.98 Å². The predicted molar refractivity (Wildman–Crippen MR) is 74.9 cm³/mol. The minimum absolute atomic E-state index is 0. The maximum Gasteiger partial charge on any atom is 0.0833 e. The van der Waals surface area contributed by atoms with Gasteiger partial charge in [-0.25, -0.2) is 0 Å². The van der Waals surface area contributed by atoms with Crippen LogP contribution in [0.25, 0.3) is 22.3 Å². The summed E-state index contributed by atoms with van der Waals surface area (Å²) in [5.41, 5.74) is 6.89. The molecule has 1 aliphatic rings. The van der Waals surface area contributed by atoms with Crippen LogP contribution < -0.4 is 0 Å². The fourth-order valence-electron chi connectivity index (χ4n) is 3.23. The Morgan fingerprint density at radius 3 is 2.85 bits per heavy atom. The van der Waals surface area contributed by atoms with E-state index >= 15 is 0 Å². The first-order valence-electron chi connectivity index (χ1n) is 6.43. The quantitative estimate of drug-likeness (QED) is 0.503. The van der Waals surface area contributed by atoms with Crippen LogP contribution >= 0.6 is 0 Å². The van der Waals surface area contributed by atoms with E-state index in [9.17, 15) is 0 Å². The fraction of sp³-hybridized carbons (Fsp3) is 0.250. The summed E-state index contributed by atoms with van der Waals surface area (Å²) in [5.74, 6) is 0. The molecule has 1 radical (unpaired) electrons. The molecule has 4 heteroatoms. The number of fused-ring (bicyclic) bond motifs is 5. The van der Waals surface area contributed by atoms with Gasteiger partial charge in [-0.05, 0) is 22.7 Å². The molecule has 0 fully saturated rings. The van der Waals surface area contributed by atoms with Crippen molar-refractivity contribution in [1.29, 1.82) is 0 Å². The molecule has 1 aliphatic carbocycles. The van der Waals surface area contributed by atoms with Gasteiger partial charge in [0.15, 0.2) is 0 Å². The van der Waals surface area contributed by atoms with Crippen LogP contribution in [-0.2, 0) is 32.6 Å². The maximum atomic E-state index is 4.56. The van der Waals surface area contributed by atoms with E-state index in [2.05, 4.69) is 40.5 Å². The molecule has 2 heterocycles. The second-order valence-corrected chi connectivity index (χ2v) is 5.65. The summed E-state index contributed by atoms with van der Waals surface area (Å²) in [7, 11) is 2.04. The first-order chi connectivity index (χ1) is 9.10. The van der Waals surface area contributed by atoms with Crippen molar-refractivity contribution >= 4 is 11.0 Å². The molecule has 0 aliphatic heterocycles. The molecule has 0 amide bonds. The first-order valence-corrected chi connectivity index (χ1v) is 6.43. The SMILES string of the molecule is Cn1cnc2c[c-]c3c(c21)C(C)(C)c1cccnc1-3.[Ir]. The summed E-state index contributed by atoms with van der Waals surface area (Å²) in [6.45, 7) is 4.50. The van der Waals surface area contributed by atoms with Crippen LogP contribution in [0.1, 0.15) is 25.0 Å². The second-order valence-electron chi connectivity index (χ2n) is 5.65. The minimum Gasteiger partial charge on any atom is -0.351 e. The van der Waals surface area contributed by atoms with E-state index in [1.165, 1.54) is 16.6 Å². The van der Waals surface area contributed by atoms with Gasteiger partial charge in [0.25, 0.3) is 0 Å². The van der Waals surface area contributed by atoms with Crippen LogP contribution in [-0.4, -0.2) is 14.5 Å². The zero-order chi connectivity index (χ0) is 13.2. The van der Waals surface area contributed by atoms with Gasteiger partial charge in [-0.2, -0.15) is 0 Å². The summed E-state index contributed by atoms with van der Waals surface area (Å²) in [5, 5.41) is 0. The van der Waals surface area contributed by atoms with Crippen molar-refractivity contribution in [3.05, 3.63) is 47.9 Å². The van der Waals surface area contributed by atoms with Crippen LogP contribution in [0.15, 0.2) is 30.7 Å². The van der Waals surface area contributed by atoms with Crippen molar-refractivity contribution in [2.75, 3.05) is 0 Å². The standard InChI is InChI=1S/C16H14N3.Ir/c1-16(2)11-5-4-8-17-14(11)10-6-7-12-15(13(10)16)19(3)9-18-12;/h4-5,7-9H,1-3H3;/q-1;. The first kappa shape index (κ1) is 13.5. The summed E-state index contributed by atoms with van der Waals surface area (Å²) in [6.07, 6.45) is 3.72. The molecule has 3 aromatic rings. The minimum atomic E-state index is -0.0528. The Bertz CT molecular complexity index is 818. The van der Waals surface area contributed by atoms with Gasteiger partial charge in [0.1, 0.15) is 0 Å². The zero-order valence-electron chi connectivity index (χ0n) is 11.6. The van der Waals surface area contributed by atoms with Crippen LogP contribution in [0.4, 0.5) is 0 Å². The van der Waals surface area contributed by atoms with Gasteiger partial charge in [0, 0.05) is 38.9 Å². The number of benzene rings is 1. The third-order valence-corrected chi connectivity index (χ3v) is 4.15. The second kappa shape index (κ2) is 4.24. The maximum absolute atomic E-state index is 4.56. The number of aryl methyl sites for hydroxylation is 1. The van der Waals surface area contributed by atoms with E-state index in [0.29, 0.717) is 0 Å². The van der Waals surface area contributed by atoms with E-state index in [1.807, 2.05) is 31.7 Å². The molecule has 20 heavy (non-hydrogen) atoms. The van der Waals surface area contributed by atoms with Crippen molar-refractivity contribution in [3.63, 3.8) is 0 Å². The van der Waals surface area contributed by atoms with E-state index in [1.54, 1.807) is 0 Å². The zero-order valence-corrected chi connectivity index (χ0v) is 14.0. The van der Waals surface area contributed by atoms with Crippen molar-refractivity contribution in [2.24, 2.45) is 7.05 Å². The van der Waals surface area contributed by atoms with Crippen molar-refractivity contribution < 1.29 is 20.1 Å². The van der Waals surface area contributed by atoms with E-state index < -0.39 is 0 Å². The largest absolute Gasteiger partial charge is 0.351 e. The van der Waals surface area contributed by atoms with Crippen molar-refractivity contribution in [1.82, 2.24) is 14.5 Å². The van der Waals surface area contributed by atoms with Crippen LogP contribution in [0, 0.1) is 6.07 Å². The Labute approximate surface area is 131 Å². The van der Waals surface area contributed by atoms with E-state index in [-0.39, 0.29) is 25.5 Å². The molecule has 0 unspecified atom stereocenters. The van der Waals surface area contributed by atoms with E-state index in [0.717, 1.165) is 16.8 Å². The van der Waals surface area contributed by atoms with Gasteiger partial charge < -0.3 is 9.55 Å². The molecule has 4 rings (SSSR count). The average molecular weight is 441 g/mol. The Morgan fingerprint density at radius 1 is 1.25 bits per heavy atom. The molecule has 2 aromatic heterocycles. The Hall–Kier alpha value is -1.51.